The lowest BCUT2D eigenvalue weighted by Gasteiger charge is -2.16. The average Bonchev–Trinajstić information content (AvgIpc) is 2.69. The number of nitrogens with one attached hydrogen (secondary N) is 2. The van der Waals surface area contributed by atoms with E-state index in [9.17, 15) is 4.79 Å². The first-order valence-corrected chi connectivity index (χ1v) is 8.30. The lowest BCUT2D eigenvalue weighted by molar-refractivity contribution is -0.120. The zero-order chi connectivity index (χ0) is 14.4. The number of benzene rings is 1. The van der Waals surface area contributed by atoms with Crippen molar-refractivity contribution in [2.45, 2.75) is 44.6 Å². The van der Waals surface area contributed by atoms with E-state index in [1.807, 2.05) is 18.2 Å². The molecule has 2 rings (SSSR count). The Morgan fingerprint density at radius 2 is 1.95 bits per heavy atom. The zero-order valence-corrected chi connectivity index (χ0v) is 13.8. The summed E-state index contributed by atoms with van der Waals surface area (Å²) in [5, 5.41) is 6.85. The minimum Gasteiger partial charge on any atom is -0.376 e. The van der Waals surface area contributed by atoms with Gasteiger partial charge in [-0.05, 0) is 47.0 Å². The number of carbonyl (C=O) groups excluding carboxylic acids is 1. The third-order valence-corrected chi connectivity index (χ3v) is 4.83. The summed E-state index contributed by atoms with van der Waals surface area (Å²) in [7, 11) is 0. The Balaban J connectivity index is 1.77. The summed E-state index contributed by atoms with van der Waals surface area (Å²) in [6.07, 6.45) is 7.25. The van der Waals surface area contributed by atoms with Crippen LogP contribution < -0.4 is 10.6 Å². The van der Waals surface area contributed by atoms with E-state index in [1.54, 1.807) is 0 Å². The van der Waals surface area contributed by atoms with Crippen LogP contribution in [0.3, 0.4) is 0 Å². The highest BCUT2D eigenvalue weighted by Crippen LogP contribution is 2.25. The van der Waals surface area contributed by atoms with Gasteiger partial charge >= 0.3 is 0 Å². The number of hydrogen-bond donors (Lipinski definition) is 2. The van der Waals surface area contributed by atoms with E-state index in [0.29, 0.717) is 11.1 Å². The average molecular weight is 360 g/mol. The quantitative estimate of drug-likeness (QED) is 0.785. The van der Waals surface area contributed by atoms with E-state index < -0.39 is 0 Å². The van der Waals surface area contributed by atoms with Gasteiger partial charge in [-0.15, -0.1) is 0 Å². The summed E-state index contributed by atoms with van der Waals surface area (Å²) in [5.41, 5.74) is 0.856. The number of hydrogen-bond acceptors (Lipinski definition) is 2. The lowest BCUT2D eigenvalue weighted by Crippen LogP contribution is -2.38. The second kappa shape index (κ2) is 7.89. The third kappa shape index (κ3) is 4.98. The summed E-state index contributed by atoms with van der Waals surface area (Å²) in [4.78, 5) is 11.9. The molecule has 110 valence electrons. The van der Waals surface area contributed by atoms with Crippen LogP contribution in [0.2, 0.25) is 5.02 Å². The molecule has 1 fully saturated rings. The summed E-state index contributed by atoms with van der Waals surface area (Å²) >= 11 is 9.36. The highest BCUT2D eigenvalue weighted by molar-refractivity contribution is 9.10. The fourth-order valence-corrected chi connectivity index (χ4v) is 2.92. The Hall–Kier alpha value is -0.740. The molecule has 20 heavy (non-hydrogen) atoms. The monoisotopic (exact) mass is 358 g/mol. The molecule has 1 aliphatic rings. The maximum atomic E-state index is 11.9. The number of anilines is 1. The molecule has 1 aromatic rings. The molecule has 0 atom stereocenters. The van der Waals surface area contributed by atoms with Crippen LogP contribution in [0, 0.1) is 0 Å². The van der Waals surface area contributed by atoms with Crippen molar-refractivity contribution >= 4 is 39.1 Å². The van der Waals surface area contributed by atoms with E-state index in [1.165, 1.54) is 25.7 Å². The Morgan fingerprint density at radius 1 is 1.25 bits per heavy atom. The Labute approximate surface area is 133 Å². The minimum atomic E-state index is 0.0518. The molecule has 0 saturated heterocycles. The lowest BCUT2D eigenvalue weighted by atomic mass is 10.1. The van der Waals surface area contributed by atoms with Gasteiger partial charge in [-0.2, -0.15) is 0 Å². The van der Waals surface area contributed by atoms with E-state index in [0.717, 1.165) is 23.0 Å². The van der Waals surface area contributed by atoms with Gasteiger partial charge in [0.25, 0.3) is 0 Å². The van der Waals surface area contributed by atoms with Crippen LogP contribution in [-0.4, -0.2) is 18.5 Å². The number of rotatable bonds is 4. The topological polar surface area (TPSA) is 41.1 Å². The second-order valence-corrected chi connectivity index (χ2v) is 6.50. The standard InChI is InChI=1S/C15H20BrClN2O/c16-13-8-7-12(9-14(13)17)18-10-15(20)19-11-5-3-1-2-4-6-11/h7-9,11,18H,1-6,10H2,(H,19,20). The van der Waals surface area contributed by atoms with Crippen molar-refractivity contribution in [2.24, 2.45) is 0 Å². The van der Waals surface area contributed by atoms with Gasteiger partial charge in [0.15, 0.2) is 0 Å². The Kier molecular flexibility index (Phi) is 6.17. The summed E-state index contributed by atoms with van der Waals surface area (Å²) in [6, 6.07) is 5.92. The van der Waals surface area contributed by atoms with Gasteiger partial charge < -0.3 is 10.6 Å². The van der Waals surface area contributed by atoms with Gasteiger partial charge in [0.2, 0.25) is 5.91 Å². The summed E-state index contributed by atoms with van der Waals surface area (Å²) < 4.78 is 0.854. The van der Waals surface area contributed by atoms with Gasteiger partial charge in [-0.3, -0.25) is 4.79 Å². The molecule has 0 radical (unpaired) electrons. The van der Waals surface area contributed by atoms with Gasteiger partial charge in [-0.25, -0.2) is 0 Å². The predicted octanol–water partition coefficient (Wildman–Crippen LogP) is 4.35. The van der Waals surface area contributed by atoms with Crippen LogP contribution in [0.5, 0.6) is 0 Å². The molecule has 1 aromatic carbocycles. The van der Waals surface area contributed by atoms with Crippen molar-refractivity contribution in [2.75, 3.05) is 11.9 Å². The number of halogens is 2. The summed E-state index contributed by atoms with van der Waals surface area (Å²) in [5.74, 6) is 0.0518. The molecule has 1 saturated carbocycles. The van der Waals surface area contributed by atoms with E-state index in [2.05, 4.69) is 26.6 Å². The van der Waals surface area contributed by atoms with Crippen LogP contribution in [0.4, 0.5) is 5.69 Å². The second-order valence-electron chi connectivity index (χ2n) is 5.24. The molecule has 1 amide bonds. The van der Waals surface area contributed by atoms with Gasteiger partial charge in [0.1, 0.15) is 0 Å². The van der Waals surface area contributed by atoms with E-state index in [4.69, 9.17) is 11.6 Å². The van der Waals surface area contributed by atoms with Crippen LogP contribution in [0.1, 0.15) is 38.5 Å². The van der Waals surface area contributed by atoms with Crippen LogP contribution in [0.15, 0.2) is 22.7 Å². The predicted molar refractivity (Wildman–Crippen MR) is 87.3 cm³/mol. The molecule has 0 heterocycles. The smallest absolute Gasteiger partial charge is 0.239 e. The highest BCUT2D eigenvalue weighted by atomic mass is 79.9. The first kappa shape index (κ1) is 15.6. The SMILES string of the molecule is O=C(CNc1ccc(Br)c(Cl)c1)NC1CCCCCC1. The normalized spacial score (nSPS) is 16.5. The minimum absolute atomic E-state index is 0.0518. The van der Waals surface area contributed by atoms with E-state index >= 15 is 0 Å². The summed E-state index contributed by atoms with van der Waals surface area (Å²) in [6.45, 7) is 0.286. The fraction of sp³-hybridized carbons (Fsp3) is 0.533. The first-order chi connectivity index (χ1) is 9.65. The molecular weight excluding hydrogens is 340 g/mol. The third-order valence-electron chi connectivity index (χ3n) is 3.59. The van der Waals surface area contributed by atoms with Crippen LogP contribution >= 0.6 is 27.5 Å². The Bertz CT molecular complexity index is 459. The fourth-order valence-electron chi connectivity index (χ4n) is 2.49. The van der Waals surface area contributed by atoms with Crippen molar-refractivity contribution in [3.63, 3.8) is 0 Å². The molecule has 0 spiro atoms. The molecule has 0 bridgehead atoms. The first-order valence-electron chi connectivity index (χ1n) is 7.13. The number of carbonyl (C=O) groups is 1. The maximum Gasteiger partial charge on any atom is 0.239 e. The van der Waals surface area contributed by atoms with Crippen molar-refractivity contribution < 1.29 is 4.79 Å². The molecule has 5 heteroatoms. The zero-order valence-electron chi connectivity index (χ0n) is 11.4. The molecule has 0 aliphatic heterocycles. The van der Waals surface area contributed by atoms with Crippen LogP contribution in [0.25, 0.3) is 0 Å². The van der Waals surface area contributed by atoms with Crippen molar-refractivity contribution in [3.8, 4) is 0 Å². The molecule has 0 aromatic heterocycles. The highest BCUT2D eigenvalue weighted by Gasteiger charge is 2.14. The van der Waals surface area contributed by atoms with Gasteiger partial charge in [0.05, 0.1) is 11.6 Å². The van der Waals surface area contributed by atoms with E-state index in [-0.39, 0.29) is 12.5 Å². The van der Waals surface area contributed by atoms with Crippen molar-refractivity contribution in [1.82, 2.24) is 5.32 Å². The molecular formula is C15H20BrClN2O. The van der Waals surface area contributed by atoms with Gasteiger partial charge in [0, 0.05) is 16.2 Å². The molecule has 3 nitrogen and oxygen atoms in total. The van der Waals surface area contributed by atoms with Gasteiger partial charge in [-0.1, -0.05) is 37.3 Å². The Morgan fingerprint density at radius 3 is 2.60 bits per heavy atom. The number of amides is 1. The molecule has 1 aliphatic carbocycles. The maximum absolute atomic E-state index is 11.9. The van der Waals surface area contributed by atoms with Crippen molar-refractivity contribution in [1.29, 1.82) is 0 Å². The largest absolute Gasteiger partial charge is 0.376 e. The molecule has 0 unspecified atom stereocenters. The molecule has 2 N–H and O–H groups in total. The van der Waals surface area contributed by atoms with Crippen molar-refractivity contribution in [3.05, 3.63) is 27.7 Å². The van der Waals surface area contributed by atoms with Crippen LogP contribution in [-0.2, 0) is 4.79 Å².